The molecule has 1 heterocycles. The van der Waals surface area contributed by atoms with Crippen LogP contribution in [0.3, 0.4) is 0 Å². The zero-order chi connectivity index (χ0) is 11.4. The summed E-state index contributed by atoms with van der Waals surface area (Å²) < 4.78 is 0. The Labute approximate surface area is 95.0 Å². The van der Waals surface area contributed by atoms with Crippen LogP contribution in [0.4, 0.5) is 5.82 Å². The number of nitrogens with zero attached hydrogens (tertiary/aromatic N) is 1. The molecule has 0 aliphatic carbocycles. The Morgan fingerprint density at radius 1 is 1.53 bits per heavy atom. The van der Waals surface area contributed by atoms with Crippen LogP contribution in [-0.2, 0) is 0 Å². The quantitative estimate of drug-likeness (QED) is 0.543. The number of nitrogens with one attached hydrogen (secondary N) is 1. The molecule has 1 unspecified atom stereocenters. The van der Waals surface area contributed by atoms with Crippen molar-refractivity contribution in [3.05, 3.63) is 22.8 Å². The molecule has 0 bridgehead atoms. The topological polar surface area (TPSA) is 77.0 Å². The standard InChI is InChI=1S/C10H17ClN4/c1-6(2)3-9(15-13)8-4-7(11)5-14-10(8)12/h4-6,9,15H,3,13H2,1-2H3,(H2,12,14). The van der Waals surface area contributed by atoms with Gasteiger partial charge in [0.15, 0.2) is 0 Å². The van der Waals surface area contributed by atoms with E-state index in [2.05, 4.69) is 24.3 Å². The SMILES string of the molecule is CC(C)CC(NN)c1cc(Cl)cnc1N. The summed E-state index contributed by atoms with van der Waals surface area (Å²) in [5.74, 6) is 6.49. The monoisotopic (exact) mass is 228 g/mol. The van der Waals surface area contributed by atoms with Crippen molar-refractivity contribution in [2.75, 3.05) is 5.73 Å². The molecule has 0 saturated heterocycles. The van der Waals surface area contributed by atoms with Crippen molar-refractivity contribution in [3.8, 4) is 0 Å². The number of hydrogen-bond acceptors (Lipinski definition) is 4. The average Bonchev–Trinajstić information content (AvgIpc) is 2.18. The van der Waals surface area contributed by atoms with Gasteiger partial charge in [-0.1, -0.05) is 25.4 Å². The molecular weight excluding hydrogens is 212 g/mol. The average molecular weight is 229 g/mol. The minimum atomic E-state index is -0.00352. The van der Waals surface area contributed by atoms with Gasteiger partial charge in [0.05, 0.1) is 5.02 Å². The van der Waals surface area contributed by atoms with E-state index in [1.165, 1.54) is 6.20 Å². The molecule has 1 atom stereocenters. The molecule has 0 aliphatic rings. The van der Waals surface area contributed by atoms with E-state index >= 15 is 0 Å². The highest BCUT2D eigenvalue weighted by Gasteiger charge is 2.15. The fourth-order valence-corrected chi connectivity index (χ4v) is 1.67. The molecule has 0 spiro atoms. The second-order valence-corrected chi connectivity index (χ2v) is 4.41. The number of rotatable bonds is 4. The Morgan fingerprint density at radius 3 is 2.73 bits per heavy atom. The molecule has 0 saturated carbocycles. The Bertz CT molecular complexity index is 327. The molecule has 15 heavy (non-hydrogen) atoms. The molecule has 0 fully saturated rings. The van der Waals surface area contributed by atoms with E-state index in [4.69, 9.17) is 23.2 Å². The first-order chi connectivity index (χ1) is 7.04. The second-order valence-electron chi connectivity index (χ2n) is 3.98. The Balaban J connectivity index is 2.95. The van der Waals surface area contributed by atoms with Crippen LogP contribution in [0, 0.1) is 5.92 Å². The van der Waals surface area contributed by atoms with Gasteiger partial charge < -0.3 is 5.73 Å². The first kappa shape index (κ1) is 12.2. The van der Waals surface area contributed by atoms with Gasteiger partial charge >= 0.3 is 0 Å². The molecule has 1 aromatic rings. The number of nitrogen functional groups attached to an aromatic ring is 1. The van der Waals surface area contributed by atoms with Gasteiger partial charge in [-0.3, -0.25) is 11.3 Å². The lowest BCUT2D eigenvalue weighted by molar-refractivity contribution is 0.438. The molecule has 0 aliphatic heterocycles. The zero-order valence-corrected chi connectivity index (χ0v) is 9.75. The molecule has 84 valence electrons. The molecule has 1 rings (SSSR count). The van der Waals surface area contributed by atoms with E-state index < -0.39 is 0 Å². The van der Waals surface area contributed by atoms with Crippen molar-refractivity contribution in [2.24, 2.45) is 11.8 Å². The molecule has 1 aromatic heterocycles. The Hall–Kier alpha value is -0.840. The first-order valence-corrected chi connectivity index (χ1v) is 5.29. The fraction of sp³-hybridized carbons (Fsp3) is 0.500. The largest absolute Gasteiger partial charge is 0.383 e. The Kier molecular flexibility index (Phi) is 4.32. The molecule has 5 N–H and O–H groups in total. The maximum absolute atomic E-state index is 5.87. The lowest BCUT2D eigenvalue weighted by Gasteiger charge is -2.19. The van der Waals surface area contributed by atoms with Crippen LogP contribution in [-0.4, -0.2) is 4.98 Å². The molecule has 4 nitrogen and oxygen atoms in total. The van der Waals surface area contributed by atoms with Crippen molar-refractivity contribution in [1.29, 1.82) is 0 Å². The van der Waals surface area contributed by atoms with Gasteiger partial charge in [-0.25, -0.2) is 4.98 Å². The maximum atomic E-state index is 5.87. The number of hydrogen-bond donors (Lipinski definition) is 3. The summed E-state index contributed by atoms with van der Waals surface area (Å²) in [5, 5.41) is 0.572. The van der Waals surface area contributed by atoms with Crippen molar-refractivity contribution in [2.45, 2.75) is 26.3 Å². The van der Waals surface area contributed by atoms with Crippen LogP contribution < -0.4 is 17.0 Å². The number of aromatic nitrogens is 1. The Morgan fingerprint density at radius 2 is 2.20 bits per heavy atom. The van der Waals surface area contributed by atoms with E-state index in [1.54, 1.807) is 6.07 Å². The highest BCUT2D eigenvalue weighted by atomic mass is 35.5. The lowest BCUT2D eigenvalue weighted by Crippen LogP contribution is -2.29. The van der Waals surface area contributed by atoms with Gasteiger partial charge in [0, 0.05) is 17.8 Å². The van der Waals surface area contributed by atoms with Crippen molar-refractivity contribution in [3.63, 3.8) is 0 Å². The third-order valence-electron chi connectivity index (χ3n) is 2.20. The minimum absolute atomic E-state index is 0.00352. The minimum Gasteiger partial charge on any atom is -0.383 e. The first-order valence-electron chi connectivity index (χ1n) is 4.91. The molecule has 0 radical (unpaired) electrons. The number of anilines is 1. The van der Waals surface area contributed by atoms with E-state index in [9.17, 15) is 0 Å². The van der Waals surface area contributed by atoms with E-state index in [0.717, 1.165) is 12.0 Å². The molecule has 0 aromatic carbocycles. The van der Waals surface area contributed by atoms with Gasteiger partial charge in [0.25, 0.3) is 0 Å². The predicted octanol–water partition coefficient (Wildman–Crippen LogP) is 1.87. The highest BCUT2D eigenvalue weighted by molar-refractivity contribution is 6.30. The van der Waals surface area contributed by atoms with Gasteiger partial charge in [-0.15, -0.1) is 0 Å². The number of nitrogens with two attached hydrogens (primary N) is 2. The van der Waals surface area contributed by atoms with Gasteiger partial charge in [0.1, 0.15) is 5.82 Å². The summed E-state index contributed by atoms with van der Waals surface area (Å²) in [6.45, 7) is 4.25. The number of pyridine rings is 1. The third kappa shape index (κ3) is 3.34. The third-order valence-corrected chi connectivity index (χ3v) is 2.41. The molecule has 0 amide bonds. The van der Waals surface area contributed by atoms with Crippen molar-refractivity contribution < 1.29 is 0 Å². The van der Waals surface area contributed by atoms with Crippen LogP contribution in [0.2, 0.25) is 5.02 Å². The van der Waals surface area contributed by atoms with E-state index in [0.29, 0.717) is 16.8 Å². The zero-order valence-electron chi connectivity index (χ0n) is 9.00. The van der Waals surface area contributed by atoms with Gasteiger partial charge in [-0.2, -0.15) is 0 Å². The molecule has 5 heteroatoms. The number of hydrazine groups is 1. The number of halogens is 1. The fourth-order valence-electron chi connectivity index (χ4n) is 1.50. The second kappa shape index (κ2) is 5.30. The van der Waals surface area contributed by atoms with Crippen LogP contribution in [0.15, 0.2) is 12.3 Å². The van der Waals surface area contributed by atoms with Crippen LogP contribution in [0.5, 0.6) is 0 Å². The van der Waals surface area contributed by atoms with Crippen LogP contribution in [0.1, 0.15) is 31.9 Å². The van der Waals surface area contributed by atoms with Crippen LogP contribution in [0.25, 0.3) is 0 Å². The van der Waals surface area contributed by atoms with E-state index in [1.807, 2.05) is 0 Å². The smallest absolute Gasteiger partial charge is 0.128 e. The van der Waals surface area contributed by atoms with Crippen molar-refractivity contribution in [1.82, 2.24) is 10.4 Å². The molecular formula is C10H17ClN4. The summed E-state index contributed by atoms with van der Waals surface area (Å²) in [5.41, 5.74) is 9.38. The van der Waals surface area contributed by atoms with Gasteiger partial charge in [0.2, 0.25) is 0 Å². The summed E-state index contributed by atoms with van der Waals surface area (Å²) >= 11 is 5.87. The summed E-state index contributed by atoms with van der Waals surface area (Å²) in [7, 11) is 0. The van der Waals surface area contributed by atoms with Crippen molar-refractivity contribution >= 4 is 17.4 Å². The normalized spacial score (nSPS) is 13.1. The summed E-state index contributed by atoms with van der Waals surface area (Å²) in [6.07, 6.45) is 2.42. The van der Waals surface area contributed by atoms with Gasteiger partial charge in [-0.05, 0) is 18.4 Å². The predicted molar refractivity (Wildman–Crippen MR) is 63.2 cm³/mol. The summed E-state index contributed by atoms with van der Waals surface area (Å²) in [6, 6.07) is 1.80. The van der Waals surface area contributed by atoms with E-state index in [-0.39, 0.29) is 6.04 Å². The van der Waals surface area contributed by atoms with Crippen LogP contribution >= 0.6 is 11.6 Å². The maximum Gasteiger partial charge on any atom is 0.128 e. The lowest BCUT2D eigenvalue weighted by atomic mass is 9.98. The highest BCUT2D eigenvalue weighted by Crippen LogP contribution is 2.26. The summed E-state index contributed by atoms with van der Waals surface area (Å²) in [4.78, 5) is 4.01.